The quantitative estimate of drug-likeness (QED) is 0.716. The number of rotatable bonds is 1. The van der Waals surface area contributed by atoms with Crippen molar-refractivity contribution in [3.63, 3.8) is 0 Å². The molecular formula is C16H12N2O3. The molecule has 2 N–H and O–H groups in total. The van der Waals surface area contributed by atoms with E-state index in [2.05, 4.69) is 9.97 Å². The normalized spacial score (nSPS) is 13.1. The number of phenols is 1. The Hall–Kier alpha value is -2.82. The van der Waals surface area contributed by atoms with Crippen molar-refractivity contribution in [2.75, 3.05) is 6.61 Å². The third-order valence-electron chi connectivity index (χ3n) is 3.75. The molecule has 1 aliphatic rings. The molecule has 3 aromatic rings. The molecule has 0 unspecified atom stereocenters. The van der Waals surface area contributed by atoms with E-state index in [-0.39, 0.29) is 11.3 Å². The smallest absolute Gasteiger partial charge is 0.258 e. The van der Waals surface area contributed by atoms with Crippen molar-refractivity contribution in [3.05, 3.63) is 52.6 Å². The third-order valence-corrected chi connectivity index (χ3v) is 3.75. The molecule has 4 rings (SSSR count). The average Bonchev–Trinajstić information content (AvgIpc) is 2.95. The van der Waals surface area contributed by atoms with Gasteiger partial charge < -0.3 is 14.8 Å². The molecule has 0 bridgehead atoms. The largest absolute Gasteiger partial charge is 0.506 e. The Bertz CT molecular complexity index is 915. The van der Waals surface area contributed by atoms with E-state index in [1.165, 1.54) is 11.9 Å². The van der Waals surface area contributed by atoms with E-state index in [1.807, 2.05) is 18.2 Å². The number of fused-ring (bicyclic) bond motifs is 2. The van der Waals surface area contributed by atoms with Gasteiger partial charge in [0.05, 0.1) is 18.3 Å². The maximum absolute atomic E-state index is 11.9. The highest BCUT2D eigenvalue weighted by atomic mass is 16.5. The Balaban J connectivity index is 1.95. The number of benzene rings is 2. The lowest BCUT2D eigenvalue weighted by Gasteiger charge is -2.07. The first-order valence-corrected chi connectivity index (χ1v) is 6.69. The molecule has 0 fully saturated rings. The molecule has 2 heterocycles. The van der Waals surface area contributed by atoms with E-state index in [9.17, 15) is 9.90 Å². The second-order valence-corrected chi connectivity index (χ2v) is 5.04. The molecule has 1 aliphatic heterocycles. The van der Waals surface area contributed by atoms with Crippen LogP contribution in [0.4, 0.5) is 0 Å². The summed E-state index contributed by atoms with van der Waals surface area (Å²) in [5.74, 6) is 0.863. The van der Waals surface area contributed by atoms with Gasteiger partial charge in [0.25, 0.3) is 5.56 Å². The molecule has 5 nitrogen and oxygen atoms in total. The topological polar surface area (TPSA) is 75.2 Å². The Morgan fingerprint density at radius 2 is 2.10 bits per heavy atom. The third kappa shape index (κ3) is 1.86. The molecule has 0 amide bonds. The Labute approximate surface area is 119 Å². The molecule has 1 aromatic heterocycles. The number of hydrogen-bond acceptors (Lipinski definition) is 4. The van der Waals surface area contributed by atoms with Gasteiger partial charge in [-0.25, -0.2) is 4.98 Å². The number of H-pyrrole nitrogens is 1. The minimum Gasteiger partial charge on any atom is -0.506 e. The van der Waals surface area contributed by atoms with E-state index >= 15 is 0 Å². The zero-order valence-electron chi connectivity index (χ0n) is 11.1. The highest BCUT2D eigenvalue weighted by molar-refractivity contribution is 5.89. The molecule has 21 heavy (non-hydrogen) atoms. The van der Waals surface area contributed by atoms with E-state index < -0.39 is 0 Å². The summed E-state index contributed by atoms with van der Waals surface area (Å²) in [6.07, 6.45) is 2.20. The van der Waals surface area contributed by atoms with Gasteiger partial charge in [-0.1, -0.05) is 12.1 Å². The monoisotopic (exact) mass is 280 g/mol. The molecular weight excluding hydrogens is 268 g/mol. The molecule has 0 saturated heterocycles. The van der Waals surface area contributed by atoms with Crippen molar-refractivity contribution < 1.29 is 9.84 Å². The predicted octanol–water partition coefficient (Wildman–Crippen LogP) is 2.23. The van der Waals surface area contributed by atoms with Crippen LogP contribution in [0.2, 0.25) is 0 Å². The molecule has 5 heteroatoms. The molecule has 104 valence electrons. The first kappa shape index (κ1) is 12.0. The van der Waals surface area contributed by atoms with E-state index in [4.69, 9.17) is 4.74 Å². The van der Waals surface area contributed by atoms with Crippen LogP contribution in [-0.4, -0.2) is 21.7 Å². The first-order valence-electron chi connectivity index (χ1n) is 6.69. The first-order chi connectivity index (χ1) is 10.2. The fraction of sp³-hybridized carbons (Fsp3) is 0.125. The second-order valence-electron chi connectivity index (χ2n) is 5.04. The van der Waals surface area contributed by atoms with Gasteiger partial charge >= 0.3 is 0 Å². The molecule has 0 atom stereocenters. The summed E-state index contributed by atoms with van der Waals surface area (Å²) in [4.78, 5) is 18.4. The van der Waals surface area contributed by atoms with Crippen molar-refractivity contribution in [1.29, 1.82) is 0 Å². The zero-order chi connectivity index (χ0) is 14.4. The van der Waals surface area contributed by atoms with Gasteiger partial charge in [0.2, 0.25) is 0 Å². The highest BCUT2D eigenvalue weighted by Gasteiger charge is 2.14. The summed E-state index contributed by atoms with van der Waals surface area (Å²) in [5, 5.41) is 10.5. The number of nitrogens with one attached hydrogen (secondary N) is 1. The van der Waals surface area contributed by atoms with Crippen molar-refractivity contribution >= 4 is 10.9 Å². The zero-order valence-corrected chi connectivity index (χ0v) is 11.1. The molecule has 0 spiro atoms. The fourth-order valence-corrected chi connectivity index (χ4v) is 2.67. The number of aromatic hydroxyl groups is 1. The lowest BCUT2D eigenvalue weighted by atomic mass is 10.0. The number of aromatic nitrogens is 2. The van der Waals surface area contributed by atoms with Crippen LogP contribution in [0, 0.1) is 0 Å². The molecule has 0 saturated carbocycles. The number of hydrogen-bond donors (Lipinski definition) is 2. The van der Waals surface area contributed by atoms with Crippen LogP contribution in [0.1, 0.15) is 5.56 Å². The van der Waals surface area contributed by atoms with Gasteiger partial charge in [0.1, 0.15) is 17.0 Å². The summed E-state index contributed by atoms with van der Waals surface area (Å²) in [6, 6.07) is 9.28. The van der Waals surface area contributed by atoms with Crippen LogP contribution in [0.3, 0.4) is 0 Å². The SMILES string of the molecule is O=c1[nH]cnc2c(O)cc(-c3ccc4c(c3)OCC4)cc12. The maximum Gasteiger partial charge on any atom is 0.258 e. The second kappa shape index (κ2) is 4.34. The van der Waals surface area contributed by atoms with Gasteiger partial charge in [0.15, 0.2) is 0 Å². The van der Waals surface area contributed by atoms with Crippen molar-refractivity contribution in [2.24, 2.45) is 0 Å². The van der Waals surface area contributed by atoms with Gasteiger partial charge in [0, 0.05) is 6.42 Å². The summed E-state index contributed by atoms with van der Waals surface area (Å²) in [7, 11) is 0. The van der Waals surface area contributed by atoms with Crippen molar-refractivity contribution in [2.45, 2.75) is 6.42 Å². The molecule has 0 radical (unpaired) electrons. The lowest BCUT2D eigenvalue weighted by molar-refractivity contribution is 0.357. The minimum absolute atomic E-state index is 0.00461. The van der Waals surface area contributed by atoms with Gasteiger partial charge in [-0.2, -0.15) is 0 Å². The van der Waals surface area contributed by atoms with Crippen LogP contribution in [0.15, 0.2) is 41.5 Å². The Morgan fingerprint density at radius 3 is 3.00 bits per heavy atom. The lowest BCUT2D eigenvalue weighted by Crippen LogP contribution is -2.06. The number of ether oxygens (including phenoxy) is 1. The predicted molar refractivity (Wildman–Crippen MR) is 78.7 cm³/mol. The molecule has 2 aromatic carbocycles. The molecule has 0 aliphatic carbocycles. The van der Waals surface area contributed by atoms with Crippen LogP contribution in [-0.2, 0) is 6.42 Å². The standard InChI is InChI=1S/C16H12N2O3/c19-13-6-11(5-12-15(13)17-8-18-16(12)20)10-2-1-9-3-4-21-14(9)7-10/h1-2,5-8,19H,3-4H2,(H,17,18,20). The van der Waals surface area contributed by atoms with E-state index in [0.717, 1.165) is 23.3 Å². The Kier molecular flexibility index (Phi) is 2.47. The summed E-state index contributed by atoms with van der Waals surface area (Å²) in [6.45, 7) is 0.700. The fourth-order valence-electron chi connectivity index (χ4n) is 2.67. The van der Waals surface area contributed by atoms with Crippen LogP contribution in [0.25, 0.3) is 22.0 Å². The maximum atomic E-state index is 11.9. The van der Waals surface area contributed by atoms with Crippen molar-refractivity contribution in [3.8, 4) is 22.6 Å². The highest BCUT2D eigenvalue weighted by Crippen LogP contribution is 2.34. The van der Waals surface area contributed by atoms with Crippen LogP contribution in [0.5, 0.6) is 11.5 Å². The van der Waals surface area contributed by atoms with E-state index in [0.29, 0.717) is 17.5 Å². The van der Waals surface area contributed by atoms with Gasteiger partial charge in [-0.05, 0) is 34.9 Å². The van der Waals surface area contributed by atoms with Crippen LogP contribution >= 0.6 is 0 Å². The number of phenolic OH excluding ortho intramolecular Hbond substituents is 1. The van der Waals surface area contributed by atoms with Gasteiger partial charge in [-0.15, -0.1) is 0 Å². The summed E-state index contributed by atoms with van der Waals surface area (Å²) in [5.41, 5.74) is 2.88. The summed E-state index contributed by atoms with van der Waals surface area (Å²) >= 11 is 0. The Morgan fingerprint density at radius 1 is 1.19 bits per heavy atom. The van der Waals surface area contributed by atoms with Crippen molar-refractivity contribution in [1.82, 2.24) is 9.97 Å². The van der Waals surface area contributed by atoms with Crippen LogP contribution < -0.4 is 10.3 Å². The number of nitrogens with zero attached hydrogens (tertiary/aromatic N) is 1. The average molecular weight is 280 g/mol. The van der Waals surface area contributed by atoms with Gasteiger partial charge in [-0.3, -0.25) is 4.79 Å². The minimum atomic E-state index is -0.269. The summed E-state index contributed by atoms with van der Waals surface area (Å²) < 4.78 is 5.56. The van der Waals surface area contributed by atoms with E-state index in [1.54, 1.807) is 12.1 Å². The number of aromatic amines is 1.